The van der Waals surface area contributed by atoms with Crippen LogP contribution in [0.1, 0.15) is 42.8 Å². The number of thiophene rings is 1. The SMILES string of the molecule is CC(C)(C)c1ccc(C(Cc2ccc(Cl)s2)NN)cc1. The second-order valence-electron chi connectivity index (χ2n) is 6.00. The number of hydrazine groups is 1. The van der Waals surface area contributed by atoms with Crippen molar-refractivity contribution in [2.24, 2.45) is 5.84 Å². The molecule has 108 valence electrons. The Bertz CT molecular complexity index is 555. The van der Waals surface area contributed by atoms with Gasteiger partial charge in [0.25, 0.3) is 0 Å². The van der Waals surface area contributed by atoms with Crippen molar-refractivity contribution in [1.29, 1.82) is 0 Å². The molecule has 1 aromatic heterocycles. The van der Waals surface area contributed by atoms with Crippen LogP contribution in [0, 0.1) is 0 Å². The van der Waals surface area contributed by atoms with Crippen molar-refractivity contribution in [2.45, 2.75) is 38.6 Å². The molecule has 0 aliphatic rings. The smallest absolute Gasteiger partial charge is 0.0931 e. The highest BCUT2D eigenvalue weighted by Gasteiger charge is 2.16. The van der Waals surface area contributed by atoms with Crippen LogP contribution in [0.4, 0.5) is 0 Å². The number of hydrogen-bond acceptors (Lipinski definition) is 3. The van der Waals surface area contributed by atoms with Crippen LogP contribution < -0.4 is 11.3 Å². The molecule has 2 aromatic rings. The Morgan fingerprint density at radius 1 is 1.15 bits per heavy atom. The average Bonchev–Trinajstić information content (AvgIpc) is 2.81. The molecule has 4 heteroatoms. The van der Waals surface area contributed by atoms with E-state index in [0.717, 1.165) is 10.8 Å². The zero-order valence-electron chi connectivity index (χ0n) is 12.1. The Morgan fingerprint density at radius 3 is 2.25 bits per heavy atom. The van der Waals surface area contributed by atoms with Crippen LogP contribution >= 0.6 is 22.9 Å². The fraction of sp³-hybridized carbons (Fsp3) is 0.375. The van der Waals surface area contributed by atoms with E-state index in [0.29, 0.717) is 0 Å². The van der Waals surface area contributed by atoms with E-state index < -0.39 is 0 Å². The van der Waals surface area contributed by atoms with Crippen LogP contribution in [0.3, 0.4) is 0 Å². The minimum atomic E-state index is 0.110. The Morgan fingerprint density at radius 2 is 1.80 bits per heavy atom. The van der Waals surface area contributed by atoms with Gasteiger partial charge in [-0.3, -0.25) is 11.3 Å². The highest BCUT2D eigenvalue weighted by molar-refractivity contribution is 7.16. The lowest BCUT2D eigenvalue weighted by Gasteiger charge is -2.21. The van der Waals surface area contributed by atoms with Crippen molar-refractivity contribution in [3.05, 3.63) is 56.7 Å². The standard InChI is InChI=1S/C16H21ClN2S/c1-16(2,3)12-6-4-11(5-7-12)14(19-18)10-13-8-9-15(17)20-13/h4-9,14,19H,10,18H2,1-3H3. The second-order valence-corrected chi connectivity index (χ2v) is 7.80. The lowest BCUT2D eigenvalue weighted by molar-refractivity contribution is 0.553. The third-order valence-electron chi connectivity index (χ3n) is 3.41. The van der Waals surface area contributed by atoms with E-state index in [-0.39, 0.29) is 11.5 Å². The van der Waals surface area contributed by atoms with Crippen LogP contribution in [-0.2, 0) is 11.8 Å². The molecule has 0 saturated carbocycles. The Hall–Kier alpha value is -0.870. The van der Waals surface area contributed by atoms with Crippen molar-refractivity contribution in [3.63, 3.8) is 0 Å². The van der Waals surface area contributed by atoms with Crippen molar-refractivity contribution in [2.75, 3.05) is 0 Å². The molecule has 1 aromatic carbocycles. The molecule has 20 heavy (non-hydrogen) atoms. The van der Waals surface area contributed by atoms with Gasteiger partial charge in [-0.05, 0) is 28.7 Å². The minimum Gasteiger partial charge on any atom is -0.271 e. The van der Waals surface area contributed by atoms with Crippen LogP contribution in [0.15, 0.2) is 36.4 Å². The summed E-state index contributed by atoms with van der Waals surface area (Å²) in [6, 6.07) is 12.8. The van der Waals surface area contributed by atoms with Gasteiger partial charge in [0.05, 0.1) is 10.4 Å². The maximum absolute atomic E-state index is 5.97. The third kappa shape index (κ3) is 3.83. The zero-order chi connectivity index (χ0) is 14.8. The Kier molecular flexibility index (Phi) is 4.86. The molecule has 1 unspecified atom stereocenters. The molecule has 2 rings (SSSR count). The van der Waals surface area contributed by atoms with Crippen molar-refractivity contribution in [3.8, 4) is 0 Å². The lowest BCUT2D eigenvalue weighted by atomic mass is 9.86. The predicted molar refractivity (Wildman–Crippen MR) is 88.2 cm³/mol. The number of rotatable bonds is 4. The predicted octanol–water partition coefficient (Wildman–Crippen LogP) is 4.45. The summed E-state index contributed by atoms with van der Waals surface area (Å²) in [7, 11) is 0. The normalized spacial score (nSPS) is 13.4. The molecule has 0 amide bonds. The van der Waals surface area contributed by atoms with Crippen molar-refractivity contribution < 1.29 is 0 Å². The summed E-state index contributed by atoms with van der Waals surface area (Å²) in [5.74, 6) is 5.70. The number of halogens is 1. The van der Waals surface area contributed by atoms with E-state index in [2.05, 4.69) is 56.5 Å². The molecule has 0 bridgehead atoms. The molecule has 0 saturated heterocycles. The van der Waals surface area contributed by atoms with E-state index in [4.69, 9.17) is 17.4 Å². The van der Waals surface area contributed by atoms with E-state index in [1.165, 1.54) is 16.0 Å². The number of hydrogen-bond donors (Lipinski definition) is 2. The van der Waals surface area contributed by atoms with Crippen molar-refractivity contribution >= 4 is 22.9 Å². The van der Waals surface area contributed by atoms with E-state index >= 15 is 0 Å². The van der Waals surface area contributed by atoms with Gasteiger partial charge in [-0.2, -0.15) is 0 Å². The molecule has 0 radical (unpaired) electrons. The largest absolute Gasteiger partial charge is 0.271 e. The lowest BCUT2D eigenvalue weighted by Crippen LogP contribution is -2.29. The molecule has 1 heterocycles. The monoisotopic (exact) mass is 308 g/mol. The summed E-state index contributed by atoms with van der Waals surface area (Å²) in [5, 5.41) is 0. The first kappa shape index (κ1) is 15.5. The van der Waals surface area contributed by atoms with Gasteiger partial charge >= 0.3 is 0 Å². The van der Waals surface area contributed by atoms with E-state index in [1.54, 1.807) is 11.3 Å². The molecule has 0 aliphatic heterocycles. The molecule has 2 nitrogen and oxygen atoms in total. The van der Waals surface area contributed by atoms with E-state index in [1.807, 2.05) is 6.07 Å². The van der Waals surface area contributed by atoms with Crippen LogP contribution in [0.25, 0.3) is 0 Å². The number of nitrogens with two attached hydrogens (primary N) is 1. The first-order chi connectivity index (χ1) is 9.40. The zero-order valence-corrected chi connectivity index (χ0v) is 13.7. The summed E-state index contributed by atoms with van der Waals surface area (Å²) in [6.07, 6.45) is 0.850. The maximum atomic E-state index is 5.97. The average molecular weight is 309 g/mol. The highest BCUT2D eigenvalue weighted by atomic mass is 35.5. The van der Waals surface area contributed by atoms with Crippen LogP contribution in [-0.4, -0.2) is 0 Å². The topological polar surface area (TPSA) is 38.0 Å². The van der Waals surface area contributed by atoms with E-state index in [9.17, 15) is 0 Å². The number of nitrogens with one attached hydrogen (secondary N) is 1. The van der Waals surface area contributed by atoms with Gasteiger partial charge in [-0.1, -0.05) is 56.6 Å². The van der Waals surface area contributed by atoms with Crippen molar-refractivity contribution in [1.82, 2.24) is 5.43 Å². The van der Waals surface area contributed by atoms with Gasteiger partial charge in [-0.15, -0.1) is 11.3 Å². The maximum Gasteiger partial charge on any atom is 0.0931 e. The summed E-state index contributed by atoms with van der Waals surface area (Å²) in [4.78, 5) is 1.23. The van der Waals surface area contributed by atoms with Gasteiger partial charge in [0.1, 0.15) is 0 Å². The van der Waals surface area contributed by atoms with Gasteiger partial charge in [0.15, 0.2) is 0 Å². The molecule has 0 spiro atoms. The summed E-state index contributed by atoms with van der Waals surface area (Å²) >= 11 is 7.57. The van der Waals surface area contributed by atoms with Gasteiger partial charge in [0, 0.05) is 11.3 Å². The second kappa shape index (κ2) is 6.27. The minimum absolute atomic E-state index is 0.110. The summed E-state index contributed by atoms with van der Waals surface area (Å²) in [5.41, 5.74) is 5.60. The molecular formula is C16H21ClN2S. The van der Waals surface area contributed by atoms with Gasteiger partial charge in [-0.25, -0.2) is 0 Å². The number of benzene rings is 1. The summed E-state index contributed by atoms with van der Waals surface area (Å²) in [6.45, 7) is 6.65. The molecule has 0 fully saturated rings. The fourth-order valence-corrected chi connectivity index (χ4v) is 3.28. The molecule has 0 aliphatic carbocycles. The van der Waals surface area contributed by atoms with Gasteiger partial charge in [0.2, 0.25) is 0 Å². The first-order valence-corrected chi connectivity index (χ1v) is 7.90. The Balaban J connectivity index is 2.15. The Labute approximate surface area is 129 Å². The molecule has 3 N–H and O–H groups in total. The van der Waals surface area contributed by atoms with Gasteiger partial charge < -0.3 is 0 Å². The highest BCUT2D eigenvalue weighted by Crippen LogP contribution is 2.28. The summed E-state index contributed by atoms with van der Waals surface area (Å²) < 4.78 is 0.818. The fourth-order valence-electron chi connectivity index (χ4n) is 2.15. The van der Waals surface area contributed by atoms with Crippen LogP contribution in [0.2, 0.25) is 4.34 Å². The van der Waals surface area contributed by atoms with Crippen LogP contribution in [0.5, 0.6) is 0 Å². The third-order valence-corrected chi connectivity index (χ3v) is 4.67. The molecular weight excluding hydrogens is 288 g/mol. The quantitative estimate of drug-likeness (QED) is 0.647. The first-order valence-electron chi connectivity index (χ1n) is 6.71. The molecule has 1 atom stereocenters.